The average molecular weight is 433 g/mol. The van der Waals surface area contributed by atoms with Crippen LogP contribution in [0.1, 0.15) is 31.0 Å². The third-order valence-electron chi connectivity index (χ3n) is 6.56. The van der Waals surface area contributed by atoms with Crippen LogP contribution in [0.3, 0.4) is 0 Å². The van der Waals surface area contributed by atoms with Gasteiger partial charge in [-0.2, -0.15) is 0 Å². The lowest BCUT2D eigenvalue weighted by Gasteiger charge is -2.35. The zero-order chi connectivity index (χ0) is 22.2. The van der Waals surface area contributed by atoms with Gasteiger partial charge in [0.2, 0.25) is 0 Å². The number of ether oxygens (including phenoxy) is 1. The van der Waals surface area contributed by atoms with E-state index < -0.39 is 0 Å². The number of piperidine rings is 1. The molecule has 0 radical (unpaired) electrons. The predicted octanol–water partition coefficient (Wildman–Crippen LogP) is 4.66. The highest BCUT2D eigenvalue weighted by molar-refractivity contribution is 5.32. The Bertz CT molecular complexity index is 955. The molecule has 1 fully saturated rings. The van der Waals surface area contributed by atoms with E-state index in [1.165, 1.54) is 37.2 Å². The Balaban J connectivity index is 1.31. The lowest BCUT2D eigenvalue weighted by Crippen LogP contribution is -2.41. The second-order valence-electron chi connectivity index (χ2n) is 8.82. The van der Waals surface area contributed by atoms with Crippen LogP contribution in [0.4, 0.5) is 0 Å². The Morgan fingerprint density at radius 3 is 2.91 bits per heavy atom. The molecule has 0 aliphatic carbocycles. The van der Waals surface area contributed by atoms with Crippen molar-refractivity contribution in [1.82, 2.24) is 19.4 Å². The van der Waals surface area contributed by atoms with Crippen molar-refractivity contribution in [2.75, 3.05) is 39.8 Å². The Morgan fingerprint density at radius 1 is 1.16 bits per heavy atom. The number of hydrogen-bond acceptors (Lipinski definition) is 4. The van der Waals surface area contributed by atoms with Gasteiger partial charge in [0.1, 0.15) is 5.75 Å². The topological polar surface area (TPSA) is 33.5 Å². The normalized spacial score (nSPS) is 17.0. The standard InChI is InChI=1S/C27H36N4O/c1-3-29(22-26-11-7-16-31(26)25-10-5-14-28-19-25)20-24-9-6-15-30(21-24)17-13-23-8-4-12-27(18-23)32-2/h4-5,7-8,10-12,14,16,18-19,24H,3,6,9,13,15,17,20-22H2,1-2H3/t24-/m1/s1. The molecular formula is C27H36N4O. The van der Waals surface area contributed by atoms with Crippen LogP contribution in [0.15, 0.2) is 67.1 Å². The van der Waals surface area contributed by atoms with Gasteiger partial charge in [0.25, 0.3) is 0 Å². The minimum Gasteiger partial charge on any atom is -0.497 e. The first kappa shape index (κ1) is 22.6. The molecule has 2 aromatic heterocycles. The van der Waals surface area contributed by atoms with E-state index in [1.807, 2.05) is 24.5 Å². The Morgan fingerprint density at radius 2 is 2.09 bits per heavy atom. The van der Waals surface area contributed by atoms with Crippen LogP contribution >= 0.6 is 0 Å². The summed E-state index contributed by atoms with van der Waals surface area (Å²) in [7, 11) is 1.74. The molecular weight excluding hydrogens is 396 g/mol. The van der Waals surface area contributed by atoms with Gasteiger partial charge in [-0.3, -0.25) is 9.88 Å². The van der Waals surface area contributed by atoms with Gasteiger partial charge >= 0.3 is 0 Å². The fourth-order valence-corrected chi connectivity index (χ4v) is 4.81. The fourth-order valence-electron chi connectivity index (χ4n) is 4.81. The van der Waals surface area contributed by atoms with Crippen molar-refractivity contribution in [2.45, 2.75) is 32.7 Å². The fraction of sp³-hybridized carbons (Fsp3) is 0.444. The van der Waals surface area contributed by atoms with Gasteiger partial charge in [-0.1, -0.05) is 19.1 Å². The van der Waals surface area contributed by atoms with Crippen LogP contribution < -0.4 is 4.74 Å². The molecule has 1 aromatic carbocycles. The summed E-state index contributed by atoms with van der Waals surface area (Å²) in [5.74, 6) is 1.68. The highest BCUT2D eigenvalue weighted by atomic mass is 16.5. The summed E-state index contributed by atoms with van der Waals surface area (Å²) in [6.07, 6.45) is 9.61. The molecule has 0 bridgehead atoms. The maximum Gasteiger partial charge on any atom is 0.119 e. The second kappa shape index (κ2) is 11.3. The van der Waals surface area contributed by atoms with Crippen molar-refractivity contribution in [3.05, 3.63) is 78.4 Å². The SMILES string of the molecule is CCN(Cc1cccn1-c1cccnc1)C[C@H]1CCCN(CCc2cccc(OC)c2)C1. The molecule has 4 rings (SSSR count). The summed E-state index contributed by atoms with van der Waals surface area (Å²) in [6, 6.07) is 17.0. The van der Waals surface area contributed by atoms with Gasteiger partial charge < -0.3 is 14.2 Å². The zero-order valence-electron chi connectivity index (χ0n) is 19.5. The van der Waals surface area contributed by atoms with Gasteiger partial charge in [0, 0.05) is 44.3 Å². The first-order chi connectivity index (χ1) is 15.7. The van der Waals surface area contributed by atoms with Crippen molar-refractivity contribution in [1.29, 1.82) is 0 Å². The molecule has 3 aromatic rings. The summed E-state index contributed by atoms with van der Waals surface area (Å²) in [5, 5.41) is 0. The largest absolute Gasteiger partial charge is 0.497 e. The van der Waals surface area contributed by atoms with Crippen LogP contribution in [0.25, 0.3) is 5.69 Å². The number of nitrogens with zero attached hydrogens (tertiary/aromatic N) is 4. The van der Waals surface area contributed by atoms with Crippen LogP contribution in [-0.2, 0) is 13.0 Å². The number of aromatic nitrogens is 2. The van der Waals surface area contributed by atoms with E-state index in [1.54, 1.807) is 7.11 Å². The van der Waals surface area contributed by atoms with E-state index in [0.29, 0.717) is 0 Å². The molecule has 1 aliphatic rings. The monoisotopic (exact) mass is 432 g/mol. The molecule has 1 atom stereocenters. The van der Waals surface area contributed by atoms with Gasteiger partial charge in [0.05, 0.1) is 19.0 Å². The molecule has 3 heterocycles. The molecule has 1 aliphatic heterocycles. The van der Waals surface area contributed by atoms with Crippen molar-refractivity contribution in [3.8, 4) is 11.4 Å². The molecule has 32 heavy (non-hydrogen) atoms. The van der Waals surface area contributed by atoms with Crippen molar-refractivity contribution >= 4 is 0 Å². The van der Waals surface area contributed by atoms with E-state index in [2.05, 4.69) is 68.9 Å². The van der Waals surface area contributed by atoms with Crippen LogP contribution in [0, 0.1) is 5.92 Å². The molecule has 5 heteroatoms. The highest BCUT2D eigenvalue weighted by Crippen LogP contribution is 2.21. The lowest BCUT2D eigenvalue weighted by atomic mass is 9.96. The molecule has 1 saturated heterocycles. The van der Waals surface area contributed by atoms with Gasteiger partial charge in [0.15, 0.2) is 0 Å². The maximum atomic E-state index is 5.38. The Hall–Kier alpha value is -2.63. The predicted molar refractivity (Wildman–Crippen MR) is 130 cm³/mol. The molecule has 0 saturated carbocycles. The molecule has 0 amide bonds. The molecule has 0 unspecified atom stereocenters. The van der Waals surface area contributed by atoms with E-state index in [4.69, 9.17) is 4.74 Å². The number of benzene rings is 1. The lowest BCUT2D eigenvalue weighted by molar-refractivity contribution is 0.132. The van der Waals surface area contributed by atoms with E-state index >= 15 is 0 Å². The Labute approximate surface area is 192 Å². The third kappa shape index (κ3) is 5.99. The van der Waals surface area contributed by atoms with Crippen molar-refractivity contribution in [3.63, 3.8) is 0 Å². The summed E-state index contributed by atoms with van der Waals surface area (Å²) < 4.78 is 7.64. The van der Waals surface area contributed by atoms with Crippen molar-refractivity contribution < 1.29 is 4.74 Å². The number of pyridine rings is 1. The number of likely N-dealkylation sites (tertiary alicyclic amines) is 1. The third-order valence-corrected chi connectivity index (χ3v) is 6.56. The number of hydrogen-bond donors (Lipinski definition) is 0. The second-order valence-corrected chi connectivity index (χ2v) is 8.82. The summed E-state index contributed by atoms with van der Waals surface area (Å²) in [5.41, 5.74) is 3.81. The van der Waals surface area contributed by atoms with Crippen molar-refractivity contribution in [2.24, 2.45) is 5.92 Å². The van der Waals surface area contributed by atoms with Crippen LogP contribution in [0.5, 0.6) is 5.75 Å². The number of methoxy groups -OCH3 is 1. The van der Waals surface area contributed by atoms with Gasteiger partial charge in [-0.15, -0.1) is 0 Å². The minimum absolute atomic E-state index is 0.732. The van der Waals surface area contributed by atoms with Crippen LogP contribution in [0.2, 0.25) is 0 Å². The molecule has 5 nitrogen and oxygen atoms in total. The maximum absolute atomic E-state index is 5.38. The first-order valence-corrected chi connectivity index (χ1v) is 11.9. The average Bonchev–Trinajstić information content (AvgIpc) is 3.31. The summed E-state index contributed by atoms with van der Waals surface area (Å²) in [4.78, 5) is 9.53. The van der Waals surface area contributed by atoms with Gasteiger partial charge in [-0.25, -0.2) is 0 Å². The summed E-state index contributed by atoms with van der Waals surface area (Å²) in [6.45, 7) is 9.02. The van der Waals surface area contributed by atoms with Crippen LogP contribution in [-0.4, -0.2) is 59.2 Å². The van der Waals surface area contributed by atoms with Gasteiger partial charge in [-0.05, 0) is 80.2 Å². The Kier molecular flexibility index (Phi) is 7.97. The molecule has 0 spiro atoms. The van der Waals surface area contributed by atoms with E-state index in [9.17, 15) is 0 Å². The zero-order valence-corrected chi connectivity index (χ0v) is 19.5. The minimum atomic E-state index is 0.732. The highest BCUT2D eigenvalue weighted by Gasteiger charge is 2.22. The van der Waals surface area contributed by atoms with E-state index in [-0.39, 0.29) is 0 Å². The molecule has 0 N–H and O–H groups in total. The first-order valence-electron chi connectivity index (χ1n) is 11.9. The smallest absolute Gasteiger partial charge is 0.119 e. The number of rotatable bonds is 10. The summed E-state index contributed by atoms with van der Waals surface area (Å²) >= 11 is 0. The molecule has 170 valence electrons. The van der Waals surface area contributed by atoms with E-state index in [0.717, 1.165) is 50.0 Å². The quantitative estimate of drug-likeness (QED) is 0.467.